The number of urea groups is 1. The molecule has 0 bridgehead atoms. The van der Waals surface area contributed by atoms with E-state index in [0.29, 0.717) is 27.3 Å². The fraction of sp³-hybridized carbons (Fsp3) is 0.233. The lowest BCUT2D eigenvalue weighted by atomic mass is 10.3. The summed E-state index contributed by atoms with van der Waals surface area (Å²) in [6, 6.07) is 16.6. The first-order valence-corrected chi connectivity index (χ1v) is 16.5. The summed E-state index contributed by atoms with van der Waals surface area (Å²) in [6.45, 7) is 3.29. The number of hydrogen-bond donors (Lipinski definition) is 2. The zero-order valence-corrected chi connectivity index (χ0v) is 29.0. The lowest BCUT2D eigenvalue weighted by molar-refractivity contribution is -0.147. The van der Waals surface area contributed by atoms with E-state index in [2.05, 4.69) is 25.0 Å². The van der Waals surface area contributed by atoms with Crippen LogP contribution in [0.15, 0.2) is 71.6 Å². The molecule has 0 aliphatic heterocycles. The van der Waals surface area contributed by atoms with E-state index >= 15 is 0 Å². The molecule has 0 fully saturated rings. The lowest BCUT2D eigenvalue weighted by Crippen LogP contribution is -2.35. The van der Waals surface area contributed by atoms with Gasteiger partial charge in [0, 0.05) is 5.02 Å². The topological polar surface area (TPSA) is 177 Å². The van der Waals surface area contributed by atoms with Crippen LogP contribution < -0.4 is 29.0 Å². The van der Waals surface area contributed by atoms with Crippen molar-refractivity contribution in [3.63, 3.8) is 0 Å². The van der Waals surface area contributed by atoms with Gasteiger partial charge < -0.3 is 23.7 Å². The van der Waals surface area contributed by atoms with Crippen molar-refractivity contribution >= 4 is 62.8 Å². The molecule has 14 nitrogen and oxygen atoms in total. The van der Waals surface area contributed by atoms with Gasteiger partial charge in [-0.25, -0.2) is 22.7 Å². The van der Waals surface area contributed by atoms with Crippen LogP contribution in [0, 0.1) is 6.92 Å². The molecule has 18 heteroatoms. The van der Waals surface area contributed by atoms with E-state index in [9.17, 15) is 18.0 Å². The molecule has 1 atom stereocenters. The number of carbonyl (C=O) groups is 2. The quantitative estimate of drug-likeness (QED) is 0.127. The van der Waals surface area contributed by atoms with Crippen molar-refractivity contribution in [3.05, 3.63) is 82.6 Å². The maximum absolute atomic E-state index is 12.4. The molecule has 256 valence electrons. The van der Waals surface area contributed by atoms with E-state index in [1.807, 2.05) is 4.72 Å². The fourth-order valence-corrected chi connectivity index (χ4v) is 5.12. The average molecular weight is 743 g/mol. The molecule has 1 heterocycles. The maximum Gasteiger partial charge on any atom is 0.346 e. The predicted molar refractivity (Wildman–Crippen MR) is 178 cm³/mol. The highest BCUT2D eigenvalue weighted by Gasteiger charge is 2.23. The highest BCUT2D eigenvalue weighted by molar-refractivity contribution is 7.90. The minimum atomic E-state index is -4.20. The highest BCUT2D eigenvalue weighted by Crippen LogP contribution is 2.32. The first-order chi connectivity index (χ1) is 22.8. The van der Waals surface area contributed by atoms with E-state index in [-0.39, 0.29) is 40.9 Å². The standard InChI is InChI=1S/C16H14Cl2O4.C14H16ClN5O5S/c1-10(16(19)20-2)21-12-4-6-13(7-5-12)22-15-8-3-11(17)9-14(15)18;1-9-16-12(19-14(17-9)24-2)18-13(21)20-26(22,23)11-6-4-3-5-10(11)25-8-7-15/h3-10H,1-2H3;3-6H,7-8H2,1-2H3,(H2,16,17,18,19,20,21). The number of aromatic nitrogens is 3. The van der Waals surface area contributed by atoms with Crippen LogP contribution in [0.25, 0.3) is 0 Å². The summed E-state index contributed by atoms with van der Waals surface area (Å²) in [5.74, 6) is 1.57. The molecule has 4 aromatic rings. The number of benzene rings is 3. The van der Waals surface area contributed by atoms with Gasteiger partial charge in [-0.1, -0.05) is 35.3 Å². The zero-order valence-electron chi connectivity index (χ0n) is 25.9. The second-order valence-corrected chi connectivity index (χ2v) is 12.0. The Labute approximate surface area is 291 Å². The summed E-state index contributed by atoms with van der Waals surface area (Å²) in [5.41, 5.74) is 0. The van der Waals surface area contributed by atoms with Crippen LogP contribution in [0.2, 0.25) is 10.0 Å². The van der Waals surface area contributed by atoms with Gasteiger partial charge in [-0.3, -0.25) is 5.32 Å². The number of alkyl halides is 1. The SMILES string of the molecule is COC(=O)C(C)Oc1ccc(Oc2ccc(Cl)cc2Cl)cc1.COc1nc(C)nc(NC(=O)NS(=O)(=O)c2ccccc2OCCCl)n1. The largest absolute Gasteiger partial charge is 0.491 e. The van der Waals surface area contributed by atoms with E-state index in [1.165, 1.54) is 32.4 Å². The first-order valence-electron chi connectivity index (χ1n) is 13.7. The third kappa shape index (κ3) is 11.6. The molecule has 0 aliphatic carbocycles. The van der Waals surface area contributed by atoms with E-state index in [4.69, 9.17) is 53.8 Å². The molecule has 1 aromatic heterocycles. The molecule has 0 radical (unpaired) electrons. The van der Waals surface area contributed by atoms with E-state index < -0.39 is 28.1 Å². The maximum atomic E-state index is 12.4. The Morgan fingerprint density at radius 2 is 1.60 bits per heavy atom. The Morgan fingerprint density at radius 1 is 0.917 bits per heavy atom. The van der Waals surface area contributed by atoms with E-state index in [0.717, 1.165) is 0 Å². The third-order valence-corrected chi connectivity index (χ3v) is 7.68. The van der Waals surface area contributed by atoms with Crippen LogP contribution in [-0.4, -0.2) is 68.2 Å². The Bertz CT molecular complexity index is 1820. The molecule has 3 aromatic carbocycles. The number of aryl methyl sites for hydroxylation is 1. The van der Waals surface area contributed by atoms with Gasteiger partial charge >= 0.3 is 18.0 Å². The summed E-state index contributed by atoms with van der Waals surface area (Å²) in [5, 5.41) is 3.18. The Kier molecular flexibility index (Phi) is 14.3. The number of nitrogens with zero attached hydrogens (tertiary/aromatic N) is 3. The molecule has 48 heavy (non-hydrogen) atoms. The van der Waals surface area contributed by atoms with Crippen LogP contribution in [0.3, 0.4) is 0 Å². The van der Waals surface area contributed by atoms with Crippen LogP contribution in [-0.2, 0) is 19.6 Å². The normalized spacial score (nSPS) is 11.2. The molecule has 0 aliphatic rings. The Hall–Kier alpha value is -4.57. The van der Waals surface area contributed by atoms with Crippen LogP contribution in [0.4, 0.5) is 10.7 Å². The minimum absolute atomic E-state index is 0.0181. The average Bonchev–Trinajstić information content (AvgIpc) is 3.05. The molecule has 2 N–H and O–H groups in total. The molecule has 1 unspecified atom stereocenters. The van der Waals surface area contributed by atoms with Gasteiger partial charge in [0.2, 0.25) is 5.95 Å². The number of sulfonamides is 1. The molecular weight excluding hydrogens is 713 g/mol. The summed E-state index contributed by atoms with van der Waals surface area (Å²) >= 11 is 17.4. The smallest absolute Gasteiger partial charge is 0.346 e. The fourth-order valence-electron chi connectivity index (χ4n) is 3.54. The second kappa shape index (κ2) is 18.1. The highest BCUT2D eigenvalue weighted by atomic mass is 35.5. The van der Waals surface area contributed by atoms with Crippen molar-refractivity contribution < 1.29 is 41.7 Å². The number of rotatable bonds is 12. The van der Waals surface area contributed by atoms with Gasteiger partial charge in [0.15, 0.2) is 6.10 Å². The lowest BCUT2D eigenvalue weighted by Gasteiger charge is -2.13. The number of hydrogen-bond acceptors (Lipinski definition) is 12. The molecular formula is C30H30Cl3N5O9S. The van der Waals surface area contributed by atoms with Gasteiger partial charge in [0.05, 0.1) is 25.1 Å². The van der Waals surface area contributed by atoms with Gasteiger partial charge in [0.25, 0.3) is 10.0 Å². The monoisotopic (exact) mass is 741 g/mol. The van der Waals surface area contributed by atoms with E-state index in [1.54, 1.807) is 62.4 Å². The number of nitrogens with one attached hydrogen (secondary N) is 2. The van der Waals surface area contributed by atoms with Crippen molar-refractivity contribution in [2.24, 2.45) is 0 Å². The van der Waals surface area contributed by atoms with Crippen molar-refractivity contribution in [3.8, 4) is 29.0 Å². The van der Waals surface area contributed by atoms with Gasteiger partial charge in [0.1, 0.15) is 40.3 Å². The van der Waals surface area contributed by atoms with Crippen LogP contribution in [0.5, 0.6) is 29.0 Å². The molecule has 0 spiro atoms. The van der Waals surface area contributed by atoms with Crippen molar-refractivity contribution in [2.75, 3.05) is 32.0 Å². The molecule has 4 rings (SSSR count). The summed E-state index contributed by atoms with van der Waals surface area (Å²) < 4.78 is 52.6. The summed E-state index contributed by atoms with van der Waals surface area (Å²) in [7, 11) is -1.54. The predicted octanol–water partition coefficient (Wildman–Crippen LogP) is 6.04. The molecule has 0 saturated carbocycles. The number of para-hydroxylation sites is 1. The number of ether oxygens (including phenoxy) is 5. The summed E-state index contributed by atoms with van der Waals surface area (Å²) in [4.78, 5) is 34.7. The zero-order chi connectivity index (χ0) is 35.3. The molecule has 2 amide bonds. The number of esters is 1. The second-order valence-electron chi connectivity index (χ2n) is 9.17. The van der Waals surface area contributed by atoms with Crippen molar-refractivity contribution in [1.82, 2.24) is 19.7 Å². The van der Waals surface area contributed by atoms with Gasteiger partial charge in [-0.05, 0) is 68.4 Å². The van der Waals surface area contributed by atoms with Gasteiger partial charge in [-0.2, -0.15) is 15.0 Å². The Balaban J connectivity index is 0.000000264. The third-order valence-electron chi connectivity index (χ3n) is 5.63. The van der Waals surface area contributed by atoms with Crippen molar-refractivity contribution in [2.45, 2.75) is 24.8 Å². The van der Waals surface area contributed by atoms with Gasteiger partial charge in [-0.15, -0.1) is 11.6 Å². The number of amides is 2. The van der Waals surface area contributed by atoms with Crippen LogP contribution >= 0.6 is 34.8 Å². The summed E-state index contributed by atoms with van der Waals surface area (Å²) in [6.07, 6.45) is -0.678. The minimum Gasteiger partial charge on any atom is -0.491 e. The first kappa shape index (κ1) is 37.9. The van der Waals surface area contributed by atoms with Crippen LogP contribution in [0.1, 0.15) is 12.7 Å². The Morgan fingerprint density at radius 3 is 2.25 bits per heavy atom. The number of anilines is 1. The number of halogens is 3. The number of methoxy groups -OCH3 is 2. The number of carbonyl (C=O) groups excluding carboxylic acids is 2. The van der Waals surface area contributed by atoms with Crippen molar-refractivity contribution in [1.29, 1.82) is 0 Å². The molecule has 0 saturated heterocycles.